The van der Waals surface area contributed by atoms with Crippen molar-refractivity contribution in [1.29, 1.82) is 0 Å². The fraction of sp³-hybridized carbons (Fsp3) is 1.00. The average Bonchev–Trinajstić information content (AvgIpc) is 2.21. The number of piperidine rings is 1. The van der Waals surface area contributed by atoms with Crippen LogP contribution in [0.3, 0.4) is 0 Å². The highest BCUT2D eigenvalue weighted by molar-refractivity contribution is 4.71. The predicted molar refractivity (Wildman–Crippen MR) is 61.4 cm³/mol. The summed E-state index contributed by atoms with van der Waals surface area (Å²) in [6.45, 7) is 6.57. The van der Waals surface area contributed by atoms with Gasteiger partial charge in [0.15, 0.2) is 0 Å². The minimum atomic E-state index is 0.473. The highest BCUT2D eigenvalue weighted by atomic mass is 15.1. The third kappa shape index (κ3) is 4.40. The molecule has 1 aliphatic heterocycles. The maximum absolute atomic E-state index is 5.54. The molecular formula is C11H25N3. The molecule has 3 heteroatoms. The predicted octanol–water partition coefficient (Wildman–Crippen LogP) is 0.655. The second kappa shape index (κ2) is 6.38. The molecule has 1 aliphatic rings. The minimum Gasteiger partial charge on any atom is -0.329 e. The fourth-order valence-corrected chi connectivity index (χ4v) is 1.97. The van der Waals surface area contributed by atoms with Crippen LogP contribution in [-0.2, 0) is 0 Å². The van der Waals surface area contributed by atoms with Crippen molar-refractivity contribution in [2.24, 2.45) is 11.7 Å². The van der Waals surface area contributed by atoms with Crippen LogP contribution in [0.25, 0.3) is 0 Å². The first kappa shape index (κ1) is 12.0. The first-order chi connectivity index (χ1) is 6.72. The lowest BCUT2D eigenvalue weighted by atomic mass is 9.94. The Hall–Kier alpha value is -0.120. The molecule has 3 N–H and O–H groups in total. The number of nitrogens with two attached hydrogens (primary N) is 1. The molecular weight excluding hydrogens is 174 g/mol. The molecule has 1 heterocycles. The molecule has 1 unspecified atom stereocenters. The molecule has 14 heavy (non-hydrogen) atoms. The van der Waals surface area contributed by atoms with Gasteiger partial charge in [-0.3, -0.25) is 0 Å². The number of hydrogen-bond acceptors (Lipinski definition) is 3. The largest absolute Gasteiger partial charge is 0.329 e. The van der Waals surface area contributed by atoms with Gasteiger partial charge in [-0.15, -0.1) is 0 Å². The van der Waals surface area contributed by atoms with Crippen molar-refractivity contribution in [2.45, 2.75) is 32.2 Å². The van der Waals surface area contributed by atoms with Crippen LogP contribution in [0.4, 0.5) is 0 Å². The highest BCUT2D eigenvalue weighted by Crippen LogP contribution is 2.18. The van der Waals surface area contributed by atoms with Crippen LogP contribution in [-0.4, -0.2) is 44.2 Å². The van der Waals surface area contributed by atoms with Crippen LogP contribution in [0.5, 0.6) is 0 Å². The monoisotopic (exact) mass is 199 g/mol. The molecule has 1 saturated heterocycles. The van der Waals surface area contributed by atoms with E-state index in [1.54, 1.807) is 0 Å². The Morgan fingerprint density at radius 2 is 2.07 bits per heavy atom. The van der Waals surface area contributed by atoms with Gasteiger partial charge in [0.05, 0.1) is 0 Å². The van der Waals surface area contributed by atoms with Gasteiger partial charge in [0.25, 0.3) is 0 Å². The first-order valence-electron chi connectivity index (χ1n) is 5.84. The summed E-state index contributed by atoms with van der Waals surface area (Å²) in [7, 11) is 2.21. The second-order valence-electron chi connectivity index (χ2n) is 4.63. The van der Waals surface area contributed by atoms with Crippen LogP contribution < -0.4 is 11.1 Å². The summed E-state index contributed by atoms with van der Waals surface area (Å²) >= 11 is 0. The van der Waals surface area contributed by atoms with E-state index < -0.39 is 0 Å². The minimum absolute atomic E-state index is 0.473. The van der Waals surface area contributed by atoms with Crippen LogP contribution >= 0.6 is 0 Å². The third-order valence-corrected chi connectivity index (χ3v) is 3.24. The van der Waals surface area contributed by atoms with E-state index in [0.717, 1.165) is 19.0 Å². The van der Waals surface area contributed by atoms with Crippen LogP contribution in [0.2, 0.25) is 0 Å². The van der Waals surface area contributed by atoms with Crippen molar-refractivity contribution in [3.05, 3.63) is 0 Å². The number of likely N-dealkylation sites (tertiary alicyclic amines) is 1. The molecule has 0 aromatic rings. The van der Waals surface area contributed by atoms with Crippen molar-refractivity contribution in [3.63, 3.8) is 0 Å². The van der Waals surface area contributed by atoms with Crippen molar-refractivity contribution >= 4 is 0 Å². The lowest BCUT2D eigenvalue weighted by Gasteiger charge is -2.29. The van der Waals surface area contributed by atoms with E-state index in [2.05, 4.69) is 24.2 Å². The van der Waals surface area contributed by atoms with Gasteiger partial charge < -0.3 is 16.0 Å². The van der Waals surface area contributed by atoms with E-state index in [1.807, 2.05) is 0 Å². The van der Waals surface area contributed by atoms with E-state index in [0.29, 0.717) is 6.04 Å². The zero-order valence-corrected chi connectivity index (χ0v) is 9.63. The SMILES string of the molecule is CC(CN)NCCC1CCN(C)CC1. The maximum Gasteiger partial charge on any atom is 0.0161 e. The molecule has 0 saturated carbocycles. The van der Waals surface area contributed by atoms with E-state index in [9.17, 15) is 0 Å². The Kier molecular flexibility index (Phi) is 5.45. The molecule has 0 aromatic heterocycles. The Morgan fingerprint density at radius 3 is 2.64 bits per heavy atom. The van der Waals surface area contributed by atoms with E-state index in [4.69, 9.17) is 5.73 Å². The van der Waals surface area contributed by atoms with E-state index in [1.165, 1.54) is 32.4 Å². The summed E-state index contributed by atoms with van der Waals surface area (Å²) in [4.78, 5) is 2.42. The highest BCUT2D eigenvalue weighted by Gasteiger charge is 2.15. The van der Waals surface area contributed by atoms with E-state index in [-0.39, 0.29) is 0 Å². The zero-order chi connectivity index (χ0) is 10.4. The van der Waals surface area contributed by atoms with Crippen molar-refractivity contribution in [2.75, 3.05) is 33.2 Å². The van der Waals surface area contributed by atoms with Gasteiger partial charge in [0.2, 0.25) is 0 Å². The topological polar surface area (TPSA) is 41.3 Å². The van der Waals surface area contributed by atoms with Gasteiger partial charge in [0.1, 0.15) is 0 Å². The smallest absolute Gasteiger partial charge is 0.0161 e. The molecule has 1 atom stereocenters. The van der Waals surface area contributed by atoms with Crippen molar-refractivity contribution in [1.82, 2.24) is 10.2 Å². The van der Waals surface area contributed by atoms with Gasteiger partial charge >= 0.3 is 0 Å². The summed E-state index contributed by atoms with van der Waals surface area (Å²) < 4.78 is 0. The van der Waals surface area contributed by atoms with Crippen LogP contribution in [0.15, 0.2) is 0 Å². The Balaban J connectivity index is 2.02. The first-order valence-corrected chi connectivity index (χ1v) is 5.84. The molecule has 84 valence electrons. The van der Waals surface area contributed by atoms with Gasteiger partial charge in [-0.1, -0.05) is 0 Å². The molecule has 0 amide bonds. The standard InChI is InChI=1S/C11H25N3/c1-10(9-12)13-6-3-11-4-7-14(2)8-5-11/h10-11,13H,3-9,12H2,1-2H3. The van der Waals surface area contributed by atoms with Crippen molar-refractivity contribution in [3.8, 4) is 0 Å². The Morgan fingerprint density at radius 1 is 1.43 bits per heavy atom. The van der Waals surface area contributed by atoms with Gasteiger partial charge in [-0.05, 0) is 58.8 Å². The fourth-order valence-electron chi connectivity index (χ4n) is 1.97. The summed E-state index contributed by atoms with van der Waals surface area (Å²) in [6, 6.07) is 0.473. The second-order valence-corrected chi connectivity index (χ2v) is 4.63. The summed E-state index contributed by atoms with van der Waals surface area (Å²) in [6.07, 6.45) is 4.06. The molecule has 0 radical (unpaired) electrons. The van der Waals surface area contributed by atoms with Gasteiger partial charge in [-0.2, -0.15) is 0 Å². The lowest BCUT2D eigenvalue weighted by molar-refractivity contribution is 0.211. The molecule has 0 spiro atoms. The summed E-state index contributed by atoms with van der Waals surface area (Å²) in [5.74, 6) is 0.934. The lowest BCUT2D eigenvalue weighted by Crippen LogP contribution is -2.36. The number of nitrogens with one attached hydrogen (secondary N) is 1. The summed E-state index contributed by atoms with van der Waals surface area (Å²) in [5, 5.41) is 3.45. The summed E-state index contributed by atoms with van der Waals surface area (Å²) in [5.41, 5.74) is 5.54. The number of nitrogens with zero attached hydrogens (tertiary/aromatic N) is 1. The zero-order valence-electron chi connectivity index (χ0n) is 9.63. The molecule has 0 bridgehead atoms. The van der Waals surface area contributed by atoms with Crippen molar-refractivity contribution < 1.29 is 0 Å². The van der Waals surface area contributed by atoms with Crippen LogP contribution in [0, 0.1) is 5.92 Å². The van der Waals surface area contributed by atoms with Gasteiger partial charge in [0, 0.05) is 12.6 Å². The van der Waals surface area contributed by atoms with Gasteiger partial charge in [-0.25, -0.2) is 0 Å². The molecule has 0 aliphatic carbocycles. The third-order valence-electron chi connectivity index (χ3n) is 3.24. The normalized spacial score (nSPS) is 22.5. The van der Waals surface area contributed by atoms with Crippen LogP contribution in [0.1, 0.15) is 26.2 Å². The Labute approximate surface area is 88.0 Å². The average molecular weight is 199 g/mol. The number of hydrogen-bond donors (Lipinski definition) is 2. The maximum atomic E-state index is 5.54. The quantitative estimate of drug-likeness (QED) is 0.683. The molecule has 3 nitrogen and oxygen atoms in total. The molecule has 0 aromatic carbocycles. The molecule has 1 fully saturated rings. The Bertz CT molecular complexity index is 141. The molecule has 1 rings (SSSR count). The van der Waals surface area contributed by atoms with E-state index >= 15 is 0 Å². The number of rotatable bonds is 5.